The number of likely N-dealkylation sites (tertiary alicyclic amines) is 1. The number of amides is 2. The second-order valence-electron chi connectivity index (χ2n) is 11.1. The third kappa shape index (κ3) is 5.76. The van der Waals surface area contributed by atoms with Gasteiger partial charge in [-0.3, -0.25) is 14.4 Å². The van der Waals surface area contributed by atoms with Crippen LogP contribution >= 0.6 is 11.6 Å². The first-order valence-electron chi connectivity index (χ1n) is 13.7. The third-order valence-corrected chi connectivity index (χ3v) is 7.82. The number of carbonyl (C=O) groups is 3. The van der Waals surface area contributed by atoms with Crippen LogP contribution in [0.3, 0.4) is 0 Å². The number of carbonyl (C=O) groups excluding carboxylic acids is 2. The van der Waals surface area contributed by atoms with Crippen LogP contribution in [0.2, 0.25) is 5.02 Å². The minimum Gasteiger partial charge on any atom is -0.492 e. The Morgan fingerprint density at radius 1 is 1.17 bits per heavy atom. The first-order chi connectivity index (χ1) is 20.0. The van der Waals surface area contributed by atoms with Gasteiger partial charge in [-0.15, -0.1) is 0 Å². The zero-order valence-corrected chi connectivity index (χ0v) is 24.2. The summed E-state index contributed by atoms with van der Waals surface area (Å²) in [4.78, 5) is 45.3. The fourth-order valence-electron chi connectivity index (χ4n) is 5.09. The molecule has 220 valence electrons. The Kier molecular flexibility index (Phi) is 8.10. The van der Waals surface area contributed by atoms with E-state index in [9.17, 15) is 19.5 Å². The van der Waals surface area contributed by atoms with Crippen molar-refractivity contribution in [2.45, 2.75) is 45.8 Å². The van der Waals surface area contributed by atoms with Crippen LogP contribution in [-0.4, -0.2) is 64.6 Å². The zero-order chi connectivity index (χ0) is 30.2. The fraction of sp³-hybridized carbons (Fsp3) is 0.355. The maximum absolute atomic E-state index is 15.4. The average Bonchev–Trinajstić information content (AvgIpc) is 2.97. The van der Waals surface area contributed by atoms with Gasteiger partial charge in [0.15, 0.2) is 6.10 Å². The molecule has 2 aliphatic heterocycles. The summed E-state index contributed by atoms with van der Waals surface area (Å²) in [5, 5.41) is 9.77. The van der Waals surface area contributed by atoms with E-state index in [1.807, 2.05) is 0 Å². The van der Waals surface area contributed by atoms with Gasteiger partial charge in [-0.2, -0.15) is 0 Å². The number of fused-ring (bicyclic) bond motifs is 1. The van der Waals surface area contributed by atoms with Crippen LogP contribution in [0.15, 0.2) is 54.7 Å². The van der Waals surface area contributed by atoms with Gasteiger partial charge in [-0.25, -0.2) is 9.37 Å². The lowest BCUT2D eigenvalue weighted by Crippen LogP contribution is -2.54. The van der Waals surface area contributed by atoms with Gasteiger partial charge in [0.2, 0.25) is 5.88 Å². The van der Waals surface area contributed by atoms with E-state index in [4.69, 9.17) is 21.1 Å². The lowest BCUT2D eigenvalue weighted by Gasteiger charge is -2.41. The molecule has 42 heavy (non-hydrogen) atoms. The number of hydrogen-bond acceptors (Lipinski definition) is 6. The Bertz CT molecular complexity index is 1540. The topological polar surface area (TPSA) is 109 Å². The number of halogens is 2. The highest BCUT2D eigenvalue weighted by molar-refractivity contribution is 6.30. The van der Waals surface area contributed by atoms with Crippen molar-refractivity contribution in [3.63, 3.8) is 0 Å². The van der Waals surface area contributed by atoms with Crippen LogP contribution in [0, 0.1) is 11.2 Å². The molecule has 0 radical (unpaired) electrons. The quantitative estimate of drug-likeness (QED) is 0.387. The van der Waals surface area contributed by atoms with Gasteiger partial charge >= 0.3 is 5.97 Å². The summed E-state index contributed by atoms with van der Waals surface area (Å²) in [6.07, 6.45) is 1.76. The second-order valence-corrected chi connectivity index (χ2v) is 11.6. The predicted octanol–water partition coefficient (Wildman–Crippen LogP) is 5.45. The first-order valence-corrected chi connectivity index (χ1v) is 14.0. The van der Waals surface area contributed by atoms with Gasteiger partial charge in [0, 0.05) is 30.9 Å². The molecule has 2 aliphatic rings. The van der Waals surface area contributed by atoms with E-state index in [0.29, 0.717) is 59.4 Å². The maximum Gasteiger partial charge on any atom is 0.312 e. The Morgan fingerprint density at radius 3 is 2.57 bits per heavy atom. The molecular formula is C31H31ClFN3O6. The number of hydrogen-bond donors (Lipinski definition) is 1. The van der Waals surface area contributed by atoms with E-state index in [1.54, 1.807) is 67.0 Å². The molecule has 0 spiro atoms. The van der Waals surface area contributed by atoms with Gasteiger partial charge in [-0.05, 0) is 63.4 Å². The summed E-state index contributed by atoms with van der Waals surface area (Å²) in [5.41, 5.74) is 0.421. The smallest absolute Gasteiger partial charge is 0.312 e. The Balaban J connectivity index is 1.29. The van der Waals surface area contributed by atoms with Gasteiger partial charge in [0.05, 0.1) is 16.0 Å². The number of nitrogens with zero attached hydrogens (tertiary/aromatic N) is 3. The average molecular weight is 596 g/mol. The molecule has 1 fully saturated rings. The number of ether oxygens (including phenoxy) is 2. The molecule has 0 saturated carbocycles. The van der Waals surface area contributed by atoms with Crippen LogP contribution in [0.1, 0.15) is 44.0 Å². The van der Waals surface area contributed by atoms with E-state index in [0.717, 1.165) is 0 Å². The van der Waals surface area contributed by atoms with Crippen LogP contribution in [0.4, 0.5) is 10.1 Å². The monoisotopic (exact) mass is 595 g/mol. The number of para-hydroxylation sites is 1. The largest absolute Gasteiger partial charge is 0.492 e. The van der Waals surface area contributed by atoms with E-state index in [2.05, 4.69) is 4.98 Å². The summed E-state index contributed by atoms with van der Waals surface area (Å²) in [5.74, 6) is -1.55. The van der Waals surface area contributed by atoms with Crippen molar-refractivity contribution >= 4 is 35.1 Å². The molecule has 2 amide bonds. The third-order valence-electron chi connectivity index (χ3n) is 7.61. The number of piperidine rings is 1. The fourth-order valence-corrected chi connectivity index (χ4v) is 5.25. The van der Waals surface area contributed by atoms with E-state index in [1.165, 1.54) is 18.3 Å². The van der Waals surface area contributed by atoms with Crippen molar-refractivity contribution in [1.82, 2.24) is 9.88 Å². The molecule has 1 saturated heterocycles. The summed E-state index contributed by atoms with van der Waals surface area (Å²) in [6.45, 7) is 5.39. The number of anilines is 1. The van der Waals surface area contributed by atoms with Crippen molar-refractivity contribution in [1.29, 1.82) is 0 Å². The number of rotatable bonds is 7. The molecule has 5 rings (SSSR count). The lowest BCUT2D eigenvalue weighted by atomic mass is 9.95. The first kappa shape index (κ1) is 29.3. The molecule has 0 bridgehead atoms. The lowest BCUT2D eigenvalue weighted by molar-refractivity contribution is -0.148. The Morgan fingerprint density at radius 2 is 1.88 bits per heavy atom. The van der Waals surface area contributed by atoms with Gasteiger partial charge in [0.25, 0.3) is 11.8 Å². The molecule has 1 atom stereocenters. The molecule has 2 aromatic carbocycles. The summed E-state index contributed by atoms with van der Waals surface area (Å²) in [7, 11) is 0. The minimum absolute atomic E-state index is 0.0555. The summed E-state index contributed by atoms with van der Waals surface area (Å²) in [6, 6.07) is 12.8. The summed E-state index contributed by atoms with van der Waals surface area (Å²) < 4.78 is 26.8. The molecule has 9 nitrogen and oxygen atoms in total. The molecule has 0 aliphatic carbocycles. The standard InChI is InChI=1S/C31H31ClFN3O6/c1-18-28(37)36(25-15-20(32)16-34-27(25)42-18)21-10-12-35(13-11-21)29(38)23-9-8-19(14-24(23)33)22-6-4-5-7-26(22)41-17-31(2,3)30(39)40/h4-9,14-16,18,21H,10-13,17H2,1-3H3,(H,39,40)/t18-/m0/s1. The normalized spacial score (nSPS) is 17.5. The minimum atomic E-state index is -1.11. The van der Waals surface area contributed by atoms with E-state index in [-0.39, 0.29) is 24.1 Å². The van der Waals surface area contributed by atoms with Crippen molar-refractivity contribution in [2.24, 2.45) is 5.41 Å². The van der Waals surface area contributed by atoms with Gasteiger partial charge in [-0.1, -0.05) is 35.9 Å². The van der Waals surface area contributed by atoms with Crippen molar-refractivity contribution in [2.75, 3.05) is 24.6 Å². The van der Waals surface area contributed by atoms with Gasteiger partial charge < -0.3 is 24.4 Å². The number of carboxylic acids is 1. The highest BCUT2D eigenvalue weighted by Crippen LogP contribution is 2.38. The molecule has 1 N–H and O–H groups in total. The zero-order valence-electron chi connectivity index (χ0n) is 23.5. The van der Waals surface area contributed by atoms with Crippen molar-refractivity contribution in [3.8, 4) is 22.8 Å². The van der Waals surface area contributed by atoms with Crippen LogP contribution in [0.25, 0.3) is 11.1 Å². The van der Waals surface area contributed by atoms with Crippen LogP contribution in [0.5, 0.6) is 11.6 Å². The van der Waals surface area contributed by atoms with E-state index < -0.39 is 29.2 Å². The van der Waals surface area contributed by atoms with Crippen LogP contribution in [-0.2, 0) is 9.59 Å². The number of benzene rings is 2. The molecule has 1 aromatic heterocycles. The summed E-state index contributed by atoms with van der Waals surface area (Å²) >= 11 is 6.14. The SMILES string of the molecule is C[C@@H]1Oc2ncc(Cl)cc2N(C2CCN(C(=O)c3ccc(-c4ccccc4OCC(C)(C)C(=O)O)cc3F)CC2)C1=O. The number of aliphatic carboxylic acids is 1. The van der Waals surface area contributed by atoms with Crippen LogP contribution < -0.4 is 14.4 Å². The highest BCUT2D eigenvalue weighted by atomic mass is 35.5. The highest BCUT2D eigenvalue weighted by Gasteiger charge is 2.39. The van der Waals surface area contributed by atoms with Crippen molar-refractivity contribution < 1.29 is 33.4 Å². The Labute approximate surface area is 247 Å². The number of pyridine rings is 1. The second kappa shape index (κ2) is 11.6. The molecule has 11 heteroatoms. The van der Waals surface area contributed by atoms with E-state index >= 15 is 4.39 Å². The number of aromatic nitrogens is 1. The molecular weight excluding hydrogens is 565 g/mol. The molecule has 0 unspecified atom stereocenters. The number of carboxylic acid groups (broad SMARTS) is 1. The van der Waals surface area contributed by atoms with Gasteiger partial charge in [0.1, 0.15) is 23.9 Å². The molecule has 3 aromatic rings. The predicted molar refractivity (Wildman–Crippen MR) is 154 cm³/mol. The van der Waals surface area contributed by atoms with Crippen molar-refractivity contribution in [3.05, 3.63) is 71.1 Å². The Hall–Kier alpha value is -4.18. The maximum atomic E-state index is 15.4. The molecule has 3 heterocycles.